The Kier molecular flexibility index (Phi) is 10.9. The van der Waals surface area contributed by atoms with Gasteiger partial charge in [0.2, 0.25) is 0 Å². The van der Waals surface area contributed by atoms with E-state index >= 15 is 0 Å². The summed E-state index contributed by atoms with van der Waals surface area (Å²) in [6, 6.07) is 91.8. The van der Waals surface area contributed by atoms with Gasteiger partial charge in [-0.05, 0) is 88.5 Å². The maximum absolute atomic E-state index is 5.25. The molecular formula is C67H44N5-. The van der Waals surface area contributed by atoms with Crippen LogP contribution in [0.2, 0.25) is 0 Å². The Bertz CT molecular complexity index is 3970. The molecule has 1 atom stereocenters. The lowest BCUT2D eigenvalue weighted by Gasteiger charge is -2.33. The van der Waals surface area contributed by atoms with Crippen molar-refractivity contribution >= 4 is 44.0 Å². The second kappa shape index (κ2) is 18.4. The van der Waals surface area contributed by atoms with Crippen LogP contribution in [0.5, 0.6) is 0 Å². The lowest BCUT2D eigenvalue weighted by molar-refractivity contribution is 0.887. The van der Waals surface area contributed by atoms with Crippen molar-refractivity contribution < 1.29 is 0 Å². The van der Waals surface area contributed by atoms with Crippen molar-refractivity contribution in [2.45, 2.75) is 6.17 Å². The van der Waals surface area contributed by atoms with Gasteiger partial charge < -0.3 is 10.3 Å². The van der Waals surface area contributed by atoms with Crippen LogP contribution < -0.4 is 0 Å². The van der Waals surface area contributed by atoms with Crippen molar-refractivity contribution in [3.8, 4) is 67.3 Å². The first-order valence-electron chi connectivity index (χ1n) is 24.3. The molecule has 5 heteroatoms. The van der Waals surface area contributed by atoms with E-state index < -0.39 is 6.17 Å². The number of aliphatic imine (C=N–C) groups is 2. The summed E-state index contributed by atoms with van der Waals surface area (Å²) in [5.41, 5.74) is 14.6. The fourth-order valence-electron chi connectivity index (χ4n) is 10.1. The molecule has 13 rings (SSSR count). The number of nitrogens with zero attached hydrogens (tertiary/aromatic N) is 5. The molecular weight excluding hydrogens is 875 g/mol. The van der Waals surface area contributed by atoms with Gasteiger partial charge >= 0.3 is 0 Å². The van der Waals surface area contributed by atoms with E-state index in [-0.39, 0.29) is 0 Å². The summed E-state index contributed by atoms with van der Waals surface area (Å²) in [4.78, 5) is 20.4. The Labute approximate surface area is 418 Å². The first-order chi connectivity index (χ1) is 35.7. The minimum atomic E-state index is -0.455. The molecule has 0 saturated heterocycles. The standard InChI is InChI=1S/C67H44N5/c1-4-20-49(21-5-1)60-43-61(69-64(68-60)51-22-6-2-7-23-51)50-35-31-47(32-36-50)57-41-39-45-18-11-14-28-55(45)62(57)63-56-29-15-12-19-46(56)40-42-58(63)48-33-37-53(38-34-48)66-70-65(52-24-8-3-9-25-52)71-67(72-66)59-30-16-26-44-17-10-13-27-54(44)59/h1-43,67H/q-1. The van der Waals surface area contributed by atoms with E-state index in [1.807, 2.05) is 54.6 Å². The molecule has 0 spiro atoms. The van der Waals surface area contributed by atoms with Crippen LogP contribution in [-0.4, -0.2) is 21.6 Å². The molecule has 0 aliphatic carbocycles. The normalized spacial score (nSPS) is 13.4. The summed E-state index contributed by atoms with van der Waals surface area (Å²) < 4.78 is 0. The molecule has 1 aliphatic rings. The molecule has 1 aliphatic heterocycles. The zero-order chi connectivity index (χ0) is 47.8. The number of fused-ring (bicyclic) bond motifs is 3. The van der Waals surface area contributed by atoms with E-state index in [1.54, 1.807) is 0 Å². The Morgan fingerprint density at radius 2 is 0.750 bits per heavy atom. The van der Waals surface area contributed by atoms with Crippen molar-refractivity contribution in [3.63, 3.8) is 0 Å². The average Bonchev–Trinajstić information content (AvgIpc) is 3.47. The topological polar surface area (TPSA) is 64.6 Å². The van der Waals surface area contributed by atoms with Crippen LogP contribution >= 0.6 is 0 Å². The summed E-state index contributed by atoms with van der Waals surface area (Å²) in [6.45, 7) is 0. The average molecular weight is 919 g/mol. The number of amidine groups is 2. The molecule has 0 amide bonds. The second-order valence-corrected chi connectivity index (χ2v) is 18.1. The Balaban J connectivity index is 0.919. The predicted octanol–water partition coefficient (Wildman–Crippen LogP) is 17.2. The van der Waals surface area contributed by atoms with Crippen molar-refractivity contribution in [2.24, 2.45) is 9.98 Å². The molecule has 1 aromatic heterocycles. The molecule has 12 aromatic rings. The van der Waals surface area contributed by atoms with Gasteiger partial charge in [-0.15, -0.1) is 0 Å². The van der Waals surface area contributed by atoms with E-state index in [0.29, 0.717) is 17.5 Å². The summed E-state index contributed by atoms with van der Waals surface area (Å²) in [5, 5.41) is 12.3. The Morgan fingerprint density at radius 1 is 0.319 bits per heavy atom. The van der Waals surface area contributed by atoms with Gasteiger partial charge in [-0.25, -0.2) is 9.97 Å². The maximum atomic E-state index is 5.25. The van der Waals surface area contributed by atoms with E-state index in [4.69, 9.17) is 25.3 Å². The molecule has 72 heavy (non-hydrogen) atoms. The van der Waals surface area contributed by atoms with E-state index in [9.17, 15) is 0 Å². The van der Waals surface area contributed by atoms with Crippen molar-refractivity contribution in [3.05, 3.63) is 283 Å². The van der Waals surface area contributed by atoms with Gasteiger partial charge in [0.25, 0.3) is 0 Å². The number of aromatic nitrogens is 2. The highest BCUT2D eigenvalue weighted by Gasteiger charge is 2.21. The molecule has 11 aromatic carbocycles. The molecule has 338 valence electrons. The number of rotatable bonds is 9. The van der Waals surface area contributed by atoms with Crippen LogP contribution in [-0.2, 0) is 0 Å². The number of hydrogen-bond donors (Lipinski definition) is 0. The van der Waals surface area contributed by atoms with E-state index in [1.165, 1.54) is 32.7 Å². The first kappa shape index (κ1) is 42.5. The highest BCUT2D eigenvalue weighted by Crippen LogP contribution is 2.47. The van der Waals surface area contributed by atoms with Crippen molar-refractivity contribution in [2.75, 3.05) is 0 Å². The Hall–Kier alpha value is -9.58. The largest absolute Gasteiger partial charge is 0.438 e. The van der Waals surface area contributed by atoms with E-state index in [0.717, 1.165) is 77.8 Å². The lowest BCUT2D eigenvalue weighted by atomic mass is 9.83. The van der Waals surface area contributed by atoms with Gasteiger partial charge in [0.15, 0.2) is 5.82 Å². The zero-order valence-electron chi connectivity index (χ0n) is 39.1. The van der Waals surface area contributed by atoms with Crippen LogP contribution in [0, 0.1) is 0 Å². The minimum absolute atomic E-state index is 0.455. The summed E-state index contributed by atoms with van der Waals surface area (Å²) in [6.07, 6.45) is -0.455. The van der Waals surface area contributed by atoms with Crippen LogP contribution in [0.3, 0.4) is 0 Å². The zero-order valence-corrected chi connectivity index (χ0v) is 39.1. The third-order valence-electron chi connectivity index (χ3n) is 13.7. The van der Waals surface area contributed by atoms with E-state index in [2.05, 4.69) is 206 Å². The number of hydrogen-bond acceptors (Lipinski definition) is 4. The van der Waals surface area contributed by atoms with Gasteiger partial charge in [-0.3, -0.25) is 4.99 Å². The highest BCUT2D eigenvalue weighted by molar-refractivity contribution is 6.19. The predicted molar refractivity (Wildman–Crippen MR) is 299 cm³/mol. The lowest BCUT2D eigenvalue weighted by Crippen LogP contribution is -2.16. The first-order valence-corrected chi connectivity index (χ1v) is 24.3. The van der Waals surface area contributed by atoms with Gasteiger partial charge in [0.05, 0.1) is 23.4 Å². The smallest absolute Gasteiger partial charge is 0.160 e. The van der Waals surface area contributed by atoms with Gasteiger partial charge in [0.1, 0.15) is 0 Å². The third-order valence-corrected chi connectivity index (χ3v) is 13.7. The Morgan fingerprint density at radius 3 is 1.32 bits per heavy atom. The highest BCUT2D eigenvalue weighted by atomic mass is 15.2. The molecule has 1 unspecified atom stereocenters. The maximum Gasteiger partial charge on any atom is 0.160 e. The molecule has 0 N–H and O–H groups in total. The summed E-state index contributed by atoms with van der Waals surface area (Å²) in [7, 11) is 0. The second-order valence-electron chi connectivity index (χ2n) is 18.1. The van der Waals surface area contributed by atoms with Crippen LogP contribution in [0.1, 0.15) is 22.9 Å². The monoisotopic (exact) mass is 918 g/mol. The van der Waals surface area contributed by atoms with Crippen LogP contribution in [0.15, 0.2) is 271 Å². The number of benzene rings is 11. The van der Waals surface area contributed by atoms with Crippen LogP contribution in [0.25, 0.3) is 105 Å². The third kappa shape index (κ3) is 7.99. The molecule has 0 fully saturated rings. The van der Waals surface area contributed by atoms with Gasteiger partial charge in [-0.1, -0.05) is 261 Å². The molecule has 0 bridgehead atoms. The van der Waals surface area contributed by atoms with Gasteiger partial charge in [-0.2, -0.15) is 0 Å². The quantitative estimate of drug-likeness (QED) is 0.145. The minimum Gasteiger partial charge on any atom is -0.438 e. The molecule has 0 radical (unpaired) electrons. The van der Waals surface area contributed by atoms with Crippen molar-refractivity contribution in [1.82, 2.24) is 9.97 Å². The molecule has 0 saturated carbocycles. The fourth-order valence-corrected chi connectivity index (χ4v) is 10.1. The molecule has 2 heterocycles. The molecule has 5 nitrogen and oxygen atoms in total. The summed E-state index contributed by atoms with van der Waals surface area (Å²) >= 11 is 0. The SMILES string of the molecule is c1ccc(C2=NC(c3cccc4ccccc34)[N-]C(c3ccc(-c4ccc5ccccc5c4-c4c(-c5ccc(-c6cc(-c7ccccc7)nc(-c7ccccc7)n6)cc5)ccc5ccccc45)cc3)=N2)cc1. The van der Waals surface area contributed by atoms with Crippen LogP contribution in [0.4, 0.5) is 0 Å². The van der Waals surface area contributed by atoms with Crippen molar-refractivity contribution in [1.29, 1.82) is 0 Å². The van der Waals surface area contributed by atoms with Gasteiger partial charge in [0, 0.05) is 16.7 Å². The fraction of sp³-hybridized carbons (Fsp3) is 0.0149. The summed E-state index contributed by atoms with van der Waals surface area (Å²) in [5.74, 6) is 2.02.